The fourth-order valence-electron chi connectivity index (χ4n) is 2.97. The Morgan fingerprint density at radius 1 is 1.35 bits per heavy atom. The van der Waals surface area contributed by atoms with Crippen molar-refractivity contribution in [2.45, 2.75) is 25.3 Å². The third-order valence-corrected chi connectivity index (χ3v) is 4.60. The molecule has 0 bridgehead atoms. The Kier molecular flexibility index (Phi) is 5.18. The van der Waals surface area contributed by atoms with Crippen molar-refractivity contribution < 1.29 is 9.90 Å². The third-order valence-electron chi connectivity index (χ3n) is 4.07. The highest BCUT2D eigenvalue weighted by molar-refractivity contribution is 9.10. The smallest absolute Gasteiger partial charge is 0.328 e. The zero-order valence-corrected chi connectivity index (χ0v) is 13.3. The summed E-state index contributed by atoms with van der Waals surface area (Å²) in [4.78, 5) is 14.2. The van der Waals surface area contributed by atoms with Crippen molar-refractivity contribution in [3.05, 3.63) is 34.3 Å². The predicted molar refractivity (Wildman–Crippen MR) is 82.8 cm³/mol. The minimum atomic E-state index is -0.924. The van der Waals surface area contributed by atoms with Gasteiger partial charge >= 0.3 is 5.97 Å². The van der Waals surface area contributed by atoms with Crippen LogP contribution in [0.4, 0.5) is 0 Å². The molecule has 0 radical (unpaired) electrons. The lowest BCUT2D eigenvalue weighted by Crippen LogP contribution is -2.52. The van der Waals surface area contributed by atoms with Crippen LogP contribution < -0.4 is 5.32 Å². The molecule has 0 saturated carbocycles. The second-order valence-electron chi connectivity index (χ2n) is 5.12. The average Bonchev–Trinajstić information content (AvgIpc) is 2.71. The van der Waals surface area contributed by atoms with Crippen LogP contribution in [0.2, 0.25) is 0 Å². The van der Waals surface area contributed by atoms with Gasteiger partial charge in [-0.2, -0.15) is 0 Å². The summed E-state index contributed by atoms with van der Waals surface area (Å²) in [5, 5.41) is 13.2. The molecule has 1 unspecified atom stereocenters. The minimum absolute atomic E-state index is 0.559. The van der Waals surface area contributed by atoms with E-state index < -0.39 is 11.5 Å². The van der Waals surface area contributed by atoms with Gasteiger partial charge in [-0.25, -0.2) is 4.79 Å². The van der Waals surface area contributed by atoms with Gasteiger partial charge in [-0.3, -0.25) is 4.90 Å². The molecule has 2 N–H and O–H groups in total. The summed E-state index contributed by atoms with van der Waals surface area (Å²) in [6.07, 6.45) is 1.54. The van der Waals surface area contributed by atoms with Crippen molar-refractivity contribution in [1.29, 1.82) is 0 Å². The van der Waals surface area contributed by atoms with Crippen LogP contribution in [-0.2, 0) is 10.3 Å². The van der Waals surface area contributed by atoms with Gasteiger partial charge in [0, 0.05) is 24.1 Å². The maximum atomic E-state index is 12.1. The van der Waals surface area contributed by atoms with Crippen molar-refractivity contribution in [2.24, 2.45) is 0 Å². The number of halogens is 1. The summed E-state index contributed by atoms with van der Waals surface area (Å²) in [6, 6.07) is 7.66. The standard InChI is InChI=1S/C15H21BrN2O2/c1-2-15(14(19)20,12-4-6-13(16)7-5-12)18-10-3-8-17-9-11-18/h4-7,17H,2-3,8-11H2,1H3,(H,19,20). The average molecular weight is 341 g/mol. The monoisotopic (exact) mass is 340 g/mol. The lowest BCUT2D eigenvalue weighted by atomic mass is 9.85. The SMILES string of the molecule is CCC(C(=O)O)(c1ccc(Br)cc1)N1CCCNCC1. The van der Waals surface area contributed by atoms with Crippen LogP contribution in [0.15, 0.2) is 28.7 Å². The van der Waals surface area contributed by atoms with Gasteiger partial charge in [0.1, 0.15) is 5.54 Å². The number of rotatable bonds is 4. The summed E-state index contributed by atoms with van der Waals surface area (Å²) in [6.45, 7) is 5.32. The van der Waals surface area contributed by atoms with E-state index in [4.69, 9.17) is 0 Å². The largest absolute Gasteiger partial charge is 0.480 e. The molecule has 0 amide bonds. The number of nitrogens with zero attached hydrogens (tertiary/aromatic N) is 1. The van der Waals surface area contributed by atoms with E-state index in [0.29, 0.717) is 6.42 Å². The van der Waals surface area contributed by atoms with E-state index in [-0.39, 0.29) is 0 Å². The number of carboxylic acid groups (broad SMARTS) is 1. The van der Waals surface area contributed by atoms with E-state index in [9.17, 15) is 9.90 Å². The summed E-state index contributed by atoms with van der Waals surface area (Å²) < 4.78 is 0.967. The molecular formula is C15H21BrN2O2. The minimum Gasteiger partial charge on any atom is -0.480 e. The third kappa shape index (κ3) is 2.90. The second kappa shape index (κ2) is 6.70. The van der Waals surface area contributed by atoms with Crippen molar-refractivity contribution in [2.75, 3.05) is 26.2 Å². The number of hydrogen-bond donors (Lipinski definition) is 2. The Balaban J connectivity index is 2.43. The number of hydrogen-bond acceptors (Lipinski definition) is 3. The van der Waals surface area contributed by atoms with Gasteiger partial charge in [0.05, 0.1) is 0 Å². The molecule has 4 nitrogen and oxygen atoms in total. The first-order valence-corrected chi connectivity index (χ1v) is 7.85. The quantitative estimate of drug-likeness (QED) is 0.883. The summed E-state index contributed by atoms with van der Waals surface area (Å²) in [5.41, 5.74) is -0.0650. The Morgan fingerprint density at radius 3 is 2.65 bits per heavy atom. The highest BCUT2D eigenvalue weighted by Gasteiger charge is 2.44. The number of carbonyl (C=O) groups is 1. The zero-order valence-electron chi connectivity index (χ0n) is 11.7. The molecule has 1 heterocycles. The van der Waals surface area contributed by atoms with E-state index in [1.54, 1.807) is 0 Å². The molecular weight excluding hydrogens is 320 g/mol. The molecule has 110 valence electrons. The summed E-state index contributed by atoms with van der Waals surface area (Å²) in [5.74, 6) is -0.760. The maximum Gasteiger partial charge on any atom is 0.328 e. The maximum absolute atomic E-state index is 12.1. The van der Waals surface area contributed by atoms with Crippen LogP contribution in [0.25, 0.3) is 0 Å². The van der Waals surface area contributed by atoms with Crippen LogP contribution in [0.5, 0.6) is 0 Å². The highest BCUT2D eigenvalue weighted by atomic mass is 79.9. The number of nitrogens with one attached hydrogen (secondary N) is 1. The molecule has 1 fully saturated rings. The van der Waals surface area contributed by atoms with E-state index in [2.05, 4.69) is 26.1 Å². The van der Waals surface area contributed by atoms with Crippen molar-refractivity contribution in [3.8, 4) is 0 Å². The van der Waals surface area contributed by atoms with E-state index >= 15 is 0 Å². The van der Waals surface area contributed by atoms with Crippen LogP contribution in [0.1, 0.15) is 25.3 Å². The molecule has 0 aromatic heterocycles. The van der Waals surface area contributed by atoms with Crippen LogP contribution >= 0.6 is 15.9 Å². The molecule has 1 saturated heterocycles. The van der Waals surface area contributed by atoms with Crippen LogP contribution in [0.3, 0.4) is 0 Å². The van der Waals surface area contributed by atoms with Crippen molar-refractivity contribution >= 4 is 21.9 Å². The molecule has 1 atom stereocenters. The lowest BCUT2D eigenvalue weighted by molar-refractivity contribution is -0.153. The second-order valence-corrected chi connectivity index (χ2v) is 6.03. The molecule has 1 aliphatic rings. The lowest BCUT2D eigenvalue weighted by Gasteiger charge is -2.40. The molecule has 0 spiro atoms. The molecule has 1 aromatic rings. The van der Waals surface area contributed by atoms with Gasteiger partial charge in [0.15, 0.2) is 0 Å². The predicted octanol–water partition coefficient (Wildman–Crippen LogP) is 2.43. The zero-order chi connectivity index (χ0) is 14.6. The summed E-state index contributed by atoms with van der Waals surface area (Å²) in [7, 11) is 0. The van der Waals surface area contributed by atoms with Gasteiger partial charge in [-0.05, 0) is 37.1 Å². The normalized spacial score (nSPS) is 20.1. The first kappa shape index (κ1) is 15.5. The molecule has 2 rings (SSSR count). The van der Waals surface area contributed by atoms with Crippen LogP contribution in [0, 0.1) is 0 Å². The van der Waals surface area contributed by atoms with E-state index in [1.807, 2.05) is 31.2 Å². The molecule has 1 aromatic carbocycles. The van der Waals surface area contributed by atoms with Gasteiger partial charge in [0.25, 0.3) is 0 Å². The van der Waals surface area contributed by atoms with Crippen molar-refractivity contribution in [1.82, 2.24) is 10.2 Å². The molecule has 0 aliphatic carbocycles. The fraction of sp³-hybridized carbons (Fsp3) is 0.533. The van der Waals surface area contributed by atoms with Crippen molar-refractivity contribution in [3.63, 3.8) is 0 Å². The fourth-order valence-corrected chi connectivity index (χ4v) is 3.24. The van der Waals surface area contributed by atoms with E-state index in [0.717, 1.165) is 42.6 Å². The van der Waals surface area contributed by atoms with Gasteiger partial charge in [0.2, 0.25) is 0 Å². The first-order chi connectivity index (χ1) is 9.61. The van der Waals surface area contributed by atoms with Gasteiger partial charge < -0.3 is 10.4 Å². The Hall–Kier alpha value is -0.910. The Bertz CT molecular complexity index is 455. The molecule has 5 heteroatoms. The van der Waals surface area contributed by atoms with E-state index in [1.165, 1.54) is 0 Å². The first-order valence-electron chi connectivity index (χ1n) is 7.06. The topological polar surface area (TPSA) is 52.6 Å². The Labute approximate surface area is 128 Å². The Morgan fingerprint density at radius 2 is 2.05 bits per heavy atom. The van der Waals surface area contributed by atoms with Crippen LogP contribution in [-0.4, -0.2) is 42.2 Å². The molecule has 20 heavy (non-hydrogen) atoms. The number of benzene rings is 1. The molecule has 1 aliphatic heterocycles. The number of aliphatic carboxylic acids is 1. The van der Waals surface area contributed by atoms with Gasteiger partial charge in [-0.15, -0.1) is 0 Å². The number of carboxylic acids is 1. The van der Waals surface area contributed by atoms with Gasteiger partial charge in [-0.1, -0.05) is 35.0 Å². The summed E-state index contributed by atoms with van der Waals surface area (Å²) >= 11 is 3.41. The highest BCUT2D eigenvalue weighted by Crippen LogP contribution is 2.34.